The van der Waals surface area contributed by atoms with Crippen LogP contribution in [0.3, 0.4) is 0 Å². The van der Waals surface area contributed by atoms with E-state index in [9.17, 15) is 13.2 Å². The molecule has 0 spiro atoms. The first-order chi connectivity index (χ1) is 8.11. The van der Waals surface area contributed by atoms with Crippen LogP contribution >= 0.6 is 11.3 Å². The van der Waals surface area contributed by atoms with Crippen molar-refractivity contribution in [3.05, 3.63) is 40.7 Å². The Bertz CT molecular complexity index is 518. The fraction of sp³-hybridized carbons (Fsp3) is 0.182. The van der Waals surface area contributed by atoms with Gasteiger partial charge in [-0.25, -0.2) is 18.2 Å². The average Bonchev–Trinajstić information content (AvgIpc) is 2.74. The lowest BCUT2D eigenvalue weighted by Crippen LogP contribution is -1.93. The van der Waals surface area contributed by atoms with Crippen molar-refractivity contribution < 1.29 is 18.3 Å². The zero-order valence-electron chi connectivity index (χ0n) is 8.58. The molecule has 1 heterocycles. The molecular formula is C11H8F3NOS. The molecular weight excluding hydrogens is 251 g/mol. The first-order valence-corrected chi connectivity index (χ1v) is 5.70. The summed E-state index contributed by atoms with van der Waals surface area (Å²) < 4.78 is 38.8. The molecule has 0 atom stereocenters. The quantitative estimate of drug-likeness (QED) is 0.860. The molecule has 17 heavy (non-hydrogen) atoms. The number of aliphatic hydroxyl groups is 1. The van der Waals surface area contributed by atoms with Crippen LogP contribution in [0.5, 0.6) is 0 Å². The molecule has 0 amide bonds. The molecule has 6 heteroatoms. The Balaban J connectivity index is 2.39. The molecule has 0 saturated carbocycles. The van der Waals surface area contributed by atoms with E-state index in [1.807, 2.05) is 0 Å². The van der Waals surface area contributed by atoms with Crippen LogP contribution in [0.2, 0.25) is 0 Å². The molecule has 2 aromatic rings. The number of aromatic nitrogens is 1. The number of benzene rings is 1. The Kier molecular flexibility index (Phi) is 3.44. The minimum Gasteiger partial charge on any atom is -0.396 e. The predicted octanol–water partition coefficient (Wildman–Crippen LogP) is 2.76. The number of halogens is 3. The summed E-state index contributed by atoms with van der Waals surface area (Å²) in [6, 6.07) is 1.81. The highest BCUT2D eigenvalue weighted by Crippen LogP contribution is 2.26. The molecule has 0 unspecified atom stereocenters. The largest absolute Gasteiger partial charge is 0.396 e. The van der Waals surface area contributed by atoms with Crippen LogP contribution in [0.1, 0.15) is 5.69 Å². The van der Waals surface area contributed by atoms with Gasteiger partial charge in [0.15, 0.2) is 17.5 Å². The van der Waals surface area contributed by atoms with Crippen molar-refractivity contribution in [2.75, 3.05) is 6.61 Å². The highest BCUT2D eigenvalue weighted by molar-refractivity contribution is 7.13. The van der Waals surface area contributed by atoms with E-state index in [1.165, 1.54) is 11.3 Å². The number of hydrogen-bond acceptors (Lipinski definition) is 3. The van der Waals surface area contributed by atoms with Crippen LogP contribution in [0.15, 0.2) is 17.5 Å². The summed E-state index contributed by atoms with van der Waals surface area (Å²) in [4.78, 5) is 4.08. The first kappa shape index (κ1) is 12.1. The fourth-order valence-electron chi connectivity index (χ4n) is 1.35. The third-order valence-electron chi connectivity index (χ3n) is 2.15. The van der Waals surface area contributed by atoms with Gasteiger partial charge in [-0.2, -0.15) is 0 Å². The molecule has 0 aliphatic carbocycles. The number of thiazole rings is 1. The summed E-state index contributed by atoms with van der Waals surface area (Å²) in [7, 11) is 0. The van der Waals surface area contributed by atoms with E-state index in [-0.39, 0.29) is 12.2 Å². The highest BCUT2D eigenvalue weighted by Gasteiger charge is 2.13. The number of aliphatic hydroxyl groups excluding tert-OH is 1. The molecule has 2 rings (SSSR count). The summed E-state index contributed by atoms with van der Waals surface area (Å²) in [6.45, 7) is -0.0463. The molecule has 90 valence electrons. The zero-order chi connectivity index (χ0) is 12.4. The minimum atomic E-state index is -1.49. The van der Waals surface area contributed by atoms with Gasteiger partial charge >= 0.3 is 0 Å². The van der Waals surface area contributed by atoms with Crippen LogP contribution in [0.25, 0.3) is 10.6 Å². The summed E-state index contributed by atoms with van der Waals surface area (Å²) >= 11 is 1.19. The minimum absolute atomic E-state index is 0.0463. The maximum Gasteiger partial charge on any atom is 0.194 e. The van der Waals surface area contributed by atoms with Crippen LogP contribution in [-0.2, 0) is 6.42 Å². The summed E-state index contributed by atoms with van der Waals surface area (Å²) in [5.41, 5.74) is 0.827. The van der Waals surface area contributed by atoms with E-state index in [0.29, 0.717) is 17.1 Å². The third kappa shape index (κ3) is 2.48. The van der Waals surface area contributed by atoms with Crippen molar-refractivity contribution in [2.24, 2.45) is 0 Å². The number of hydrogen-bond donors (Lipinski definition) is 1. The molecule has 1 N–H and O–H groups in total. The van der Waals surface area contributed by atoms with Gasteiger partial charge in [0.25, 0.3) is 0 Å². The van der Waals surface area contributed by atoms with Crippen molar-refractivity contribution >= 4 is 11.3 Å². The standard InChI is InChI=1S/C11H8F3NOS/c12-8-3-6(4-9(13)10(8)14)11-15-7(1-2-16)5-17-11/h3-5,16H,1-2H2. The van der Waals surface area contributed by atoms with Crippen LogP contribution in [-0.4, -0.2) is 16.7 Å². The van der Waals surface area contributed by atoms with Crippen molar-refractivity contribution in [1.29, 1.82) is 0 Å². The lowest BCUT2D eigenvalue weighted by molar-refractivity contribution is 0.298. The van der Waals surface area contributed by atoms with Crippen LogP contribution in [0.4, 0.5) is 13.2 Å². The molecule has 0 saturated heterocycles. The third-order valence-corrected chi connectivity index (χ3v) is 3.09. The summed E-state index contributed by atoms with van der Waals surface area (Å²) in [6.07, 6.45) is 0.378. The van der Waals surface area contributed by atoms with E-state index >= 15 is 0 Å². The van der Waals surface area contributed by atoms with Crippen molar-refractivity contribution in [3.63, 3.8) is 0 Å². The monoisotopic (exact) mass is 259 g/mol. The molecule has 0 aliphatic heterocycles. The zero-order valence-corrected chi connectivity index (χ0v) is 9.40. The van der Waals surface area contributed by atoms with E-state index in [0.717, 1.165) is 12.1 Å². The second-order valence-corrected chi connectivity index (χ2v) is 4.23. The summed E-state index contributed by atoms with van der Waals surface area (Å²) in [5, 5.41) is 10.8. The molecule has 1 aromatic heterocycles. The van der Waals surface area contributed by atoms with Gasteiger partial charge in [0.1, 0.15) is 5.01 Å². The van der Waals surface area contributed by atoms with Gasteiger partial charge in [0, 0.05) is 24.0 Å². The molecule has 2 nitrogen and oxygen atoms in total. The first-order valence-electron chi connectivity index (χ1n) is 4.82. The van der Waals surface area contributed by atoms with Gasteiger partial charge in [-0.15, -0.1) is 11.3 Å². The number of nitrogens with zero attached hydrogens (tertiary/aromatic N) is 1. The SMILES string of the molecule is OCCc1csc(-c2cc(F)c(F)c(F)c2)n1. The Morgan fingerprint density at radius 2 is 1.82 bits per heavy atom. The summed E-state index contributed by atoms with van der Waals surface area (Å²) in [5.74, 6) is -3.96. The van der Waals surface area contributed by atoms with Crippen molar-refractivity contribution in [3.8, 4) is 10.6 Å². The van der Waals surface area contributed by atoms with Crippen LogP contribution < -0.4 is 0 Å². The molecule has 0 fully saturated rings. The molecule has 0 bridgehead atoms. The van der Waals surface area contributed by atoms with Gasteiger partial charge in [-0.3, -0.25) is 0 Å². The Morgan fingerprint density at radius 1 is 1.18 bits per heavy atom. The predicted molar refractivity (Wildman–Crippen MR) is 58.2 cm³/mol. The van der Waals surface area contributed by atoms with E-state index < -0.39 is 17.5 Å². The van der Waals surface area contributed by atoms with Gasteiger partial charge < -0.3 is 5.11 Å². The molecule has 1 aromatic carbocycles. The van der Waals surface area contributed by atoms with Crippen molar-refractivity contribution in [1.82, 2.24) is 4.98 Å². The van der Waals surface area contributed by atoms with Gasteiger partial charge in [0.05, 0.1) is 5.69 Å². The van der Waals surface area contributed by atoms with Gasteiger partial charge in [0.2, 0.25) is 0 Å². The van der Waals surface area contributed by atoms with E-state index in [4.69, 9.17) is 5.11 Å². The smallest absolute Gasteiger partial charge is 0.194 e. The van der Waals surface area contributed by atoms with Crippen molar-refractivity contribution in [2.45, 2.75) is 6.42 Å². The number of rotatable bonds is 3. The second kappa shape index (κ2) is 4.85. The Labute approximate surface area is 99.4 Å². The lowest BCUT2D eigenvalue weighted by Gasteiger charge is -1.99. The van der Waals surface area contributed by atoms with Gasteiger partial charge in [-0.05, 0) is 12.1 Å². The normalized spacial score (nSPS) is 10.8. The molecule has 0 aliphatic rings. The fourth-order valence-corrected chi connectivity index (χ4v) is 2.19. The van der Waals surface area contributed by atoms with Crippen LogP contribution in [0, 0.1) is 17.5 Å². The molecule has 0 radical (unpaired) electrons. The Hall–Kier alpha value is -1.40. The topological polar surface area (TPSA) is 33.1 Å². The van der Waals surface area contributed by atoms with E-state index in [1.54, 1.807) is 5.38 Å². The average molecular weight is 259 g/mol. The van der Waals surface area contributed by atoms with Gasteiger partial charge in [-0.1, -0.05) is 0 Å². The Morgan fingerprint density at radius 3 is 2.41 bits per heavy atom. The second-order valence-electron chi connectivity index (χ2n) is 3.37. The maximum atomic E-state index is 13.0. The maximum absolute atomic E-state index is 13.0. The highest BCUT2D eigenvalue weighted by atomic mass is 32.1. The van der Waals surface area contributed by atoms with E-state index in [2.05, 4.69) is 4.98 Å². The lowest BCUT2D eigenvalue weighted by atomic mass is 10.2.